The molecular formula is C17H22ClN3O4. The van der Waals surface area contributed by atoms with Crippen LogP contribution in [0.25, 0.3) is 0 Å². The summed E-state index contributed by atoms with van der Waals surface area (Å²) in [6.45, 7) is 2.96. The van der Waals surface area contributed by atoms with E-state index in [1.165, 1.54) is 4.90 Å². The van der Waals surface area contributed by atoms with Crippen LogP contribution in [0.2, 0.25) is 5.02 Å². The van der Waals surface area contributed by atoms with E-state index in [1.54, 1.807) is 24.3 Å². The van der Waals surface area contributed by atoms with Gasteiger partial charge >= 0.3 is 12.0 Å². The Balaban J connectivity index is 2.01. The van der Waals surface area contributed by atoms with Gasteiger partial charge in [0.25, 0.3) is 0 Å². The van der Waals surface area contributed by atoms with Crippen molar-refractivity contribution in [2.75, 3.05) is 25.0 Å². The van der Waals surface area contributed by atoms with Gasteiger partial charge in [0.1, 0.15) is 6.04 Å². The number of amides is 3. The molecular weight excluding hydrogens is 346 g/mol. The van der Waals surface area contributed by atoms with Gasteiger partial charge in [-0.2, -0.15) is 0 Å². The molecule has 2 N–H and O–H groups in total. The fourth-order valence-corrected chi connectivity index (χ4v) is 2.66. The smallest absolute Gasteiger partial charge is 0.322 e. The molecule has 2 rings (SSSR count). The number of ether oxygens (including phenoxy) is 1. The van der Waals surface area contributed by atoms with Gasteiger partial charge in [0.05, 0.1) is 13.0 Å². The summed E-state index contributed by atoms with van der Waals surface area (Å²) in [6, 6.07) is 5.37. The van der Waals surface area contributed by atoms with E-state index in [-0.39, 0.29) is 12.3 Å². The van der Waals surface area contributed by atoms with Crippen LogP contribution in [0.4, 0.5) is 10.5 Å². The van der Waals surface area contributed by atoms with Crippen molar-refractivity contribution in [1.82, 2.24) is 10.2 Å². The predicted octanol–water partition coefficient (Wildman–Crippen LogP) is 2.41. The normalized spacial score (nSPS) is 17.0. The minimum atomic E-state index is -0.887. The van der Waals surface area contributed by atoms with E-state index in [4.69, 9.17) is 16.3 Å². The van der Waals surface area contributed by atoms with Crippen LogP contribution in [-0.2, 0) is 14.3 Å². The van der Waals surface area contributed by atoms with E-state index in [9.17, 15) is 14.4 Å². The van der Waals surface area contributed by atoms with Crippen molar-refractivity contribution in [2.45, 2.75) is 32.2 Å². The third-order valence-corrected chi connectivity index (χ3v) is 4.02. The van der Waals surface area contributed by atoms with Gasteiger partial charge in [0.2, 0.25) is 5.91 Å². The number of hydrogen-bond donors (Lipinski definition) is 2. The number of piperazine rings is 1. The van der Waals surface area contributed by atoms with Crippen molar-refractivity contribution in [2.24, 2.45) is 0 Å². The lowest BCUT2D eigenvalue weighted by atomic mass is 10.1. The second-order valence-electron chi connectivity index (χ2n) is 5.72. The minimum absolute atomic E-state index is 0.168. The number of unbranched alkanes of at least 4 members (excludes halogenated alkanes) is 1. The van der Waals surface area contributed by atoms with E-state index < -0.39 is 18.0 Å². The van der Waals surface area contributed by atoms with E-state index in [1.807, 2.05) is 6.92 Å². The Morgan fingerprint density at radius 3 is 2.96 bits per heavy atom. The molecule has 0 radical (unpaired) electrons. The highest BCUT2D eigenvalue weighted by molar-refractivity contribution is 6.30. The molecule has 1 aromatic rings. The third kappa shape index (κ3) is 5.63. The average Bonchev–Trinajstić information content (AvgIpc) is 2.57. The Bertz CT molecular complexity index is 638. The molecule has 1 aliphatic rings. The molecule has 1 atom stereocenters. The number of hydrogen-bond acceptors (Lipinski definition) is 4. The first-order chi connectivity index (χ1) is 12.0. The van der Waals surface area contributed by atoms with Crippen LogP contribution in [0.3, 0.4) is 0 Å². The summed E-state index contributed by atoms with van der Waals surface area (Å²) in [5.74, 6) is -0.851. The number of halogens is 1. The summed E-state index contributed by atoms with van der Waals surface area (Å²) in [5.41, 5.74) is 0.521. The first-order valence-corrected chi connectivity index (χ1v) is 8.65. The van der Waals surface area contributed by atoms with Crippen LogP contribution in [0.1, 0.15) is 26.2 Å². The second kappa shape index (κ2) is 9.27. The lowest BCUT2D eigenvalue weighted by Crippen LogP contribution is -2.58. The lowest BCUT2D eigenvalue weighted by Gasteiger charge is -2.34. The molecule has 0 aliphatic carbocycles. The molecule has 0 unspecified atom stereocenters. The van der Waals surface area contributed by atoms with Gasteiger partial charge in [-0.25, -0.2) is 4.79 Å². The zero-order valence-corrected chi connectivity index (χ0v) is 14.8. The topological polar surface area (TPSA) is 87.7 Å². The van der Waals surface area contributed by atoms with Crippen molar-refractivity contribution in [3.63, 3.8) is 0 Å². The van der Waals surface area contributed by atoms with Gasteiger partial charge in [0.15, 0.2) is 0 Å². The SMILES string of the molecule is CCCCOC(=O)C[C@H]1C(=O)NCCN1C(=O)Nc1cccc(Cl)c1. The molecule has 1 aliphatic heterocycles. The number of carbonyl (C=O) groups is 3. The molecule has 1 fully saturated rings. The molecule has 1 aromatic carbocycles. The van der Waals surface area contributed by atoms with Gasteiger partial charge in [-0.05, 0) is 24.6 Å². The van der Waals surface area contributed by atoms with E-state index in [2.05, 4.69) is 10.6 Å². The summed E-state index contributed by atoms with van der Waals surface area (Å²) in [4.78, 5) is 37.9. The first-order valence-electron chi connectivity index (χ1n) is 8.27. The largest absolute Gasteiger partial charge is 0.466 e. The molecule has 136 valence electrons. The van der Waals surface area contributed by atoms with Crippen molar-refractivity contribution in [3.05, 3.63) is 29.3 Å². The van der Waals surface area contributed by atoms with Gasteiger partial charge in [-0.15, -0.1) is 0 Å². The molecule has 0 bridgehead atoms. The van der Waals surface area contributed by atoms with E-state index in [0.717, 1.165) is 12.8 Å². The molecule has 8 heteroatoms. The first kappa shape index (κ1) is 19.1. The van der Waals surface area contributed by atoms with Crippen LogP contribution in [0, 0.1) is 0 Å². The number of carbonyl (C=O) groups excluding carboxylic acids is 3. The molecule has 7 nitrogen and oxygen atoms in total. The van der Waals surface area contributed by atoms with Crippen LogP contribution < -0.4 is 10.6 Å². The summed E-state index contributed by atoms with van der Waals surface area (Å²) >= 11 is 5.90. The van der Waals surface area contributed by atoms with Crippen molar-refractivity contribution in [1.29, 1.82) is 0 Å². The van der Waals surface area contributed by atoms with E-state index in [0.29, 0.717) is 30.4 Å². The average molecular weight is 368 g/mol. The molecule has 0 spiro atoms. The highest BCUT2D eigenvalue weighted by atomic mass is 35.5. The Kier molecular flexibility index (Phi) is 7.06. The zero-order chi connectivity index (χ0) is 18.2. The van der Waals surface area contributed by atoms with Crippen molar-refractivity contribution >= 4 is 35.2 Å². The Morgan fingerprint density at radius 2 is 2.24 bits per heavy atom. The maximum absolute atomic E-state index is 12.5. The quantitative estimate of drug-likeness (QED) is 0.597. The third-order valence-electron chi connectivity index (χ3n) is 3.79. The zero-order valence-electron chi connectivity index (χ0n) is 14.1. The Labute approximate surface area is 151 Å². The number of esters is 1. The monoisotopic (exact) mass is 367 g/mol. The van der Waals surface area contributed by atoms with Gasteiger partial charge in [0, 0.05) is 23.8 Å². The molecule has 1 heterocycles. The fraction of sp³-hybridized carbons (Fsp3) is 0.471. The number of urea groups is 1. The second-order valence-corrected chi connectivity index (χ2v) is 6.16. The molecule has 25 heavy (non-hydrogen) atoms. The number of rotatable bonds is 6. The van der Waals surface area contributed by atoms with Crippen LogP contribution in [0.15, 0.2) is 24.3 Å². The summed E-state index contributed by atoms with van der Waals surface area (Å²) < 4.78 is 5.10. The number of nitrogens with one attached hydrogen (secondary N) is 2. The fourth-order valence-electron chi connectivity index (χ4n) is 2.47. The van der Waals surface area contributed by atoms with E-state index >= 15 is 0 Å². The Morgan fingerprint density at radius 1 is 1.44 bits per heavy atom. The Hall–Kier alpha value is -2.28. The highest BCUT2D eigenvalue weighted by Gasteiger charge is 2.35. The summed E-state index contributed by atoms with van der Waals surface area (Å²) in [6.07, 6.45) is 1.51. The van der Waals surface area contributed by atoms with Crippen LogP contribution in [-0.4, -0.2) is 48.5 Å². The number of anilines is 1. The maximum atomic E-state index is 12.5. The minimum Gasteiger partial charge on any atom is -0.466 e. The van der Waals surface area contributed by atoms with Crippen LogP contribution >= 0.6 is 11.6 Å². The predicted molar refractivity (Wildman–Crippen MR) is 94.5 cm³/mol. The molecule has 0 saturated carbocycles. The number of benzene rings is 1. The maximum Gasteiger partial charge on any atom is 0.322 e. The summed E-state index contributed by atoms with van der Waals surface area (Å²) in [5, 5.41) is 5.86. The number of nitrogens with zero attached hydrogens (tertiary/aromatic N) is 1. The van der Waals surface area contributed by atoms with Gasteiger partial charge in [-0.3, -0.25) is 9.59 Å². The molecule has 0 aromatic heterocycles. The molecule has 3 amide bonds. The highest BCUT2D eigenvalue weighted by Crippen LogP contribution is 2.17. The van der Waals surface area contributed by atoms with Gasteiger partial charge in [-0.1, -0.05) is 31.0 Å². The van der Waals surface area contributed by atoms with Gasteiger partial charge < -0.3 is 20.3 Å². The lowest BCUT2D eigenvalue weighted by molar-refractivity contribution is -0.147. The van der Waals surface area contributed by atoms with Crippen LogP contribution in [0.5, 0.6) is 0 Å². The molecule has 1 saturated heterocycles. The van der Waals surface area contributed by atoms with Crippen molar-refractivity contribution < 1.29 is 19.1 Å². The van der Waals surface area contributed by atoms with Crippen molar-refractivity contribution in [3.8, 4) is 0 Å². The standard InChI is InChI=1S/C17H22ClN3O4/c1-2-3-9-25-15(22)11-14-16(23)19-7-8-21(14)17(24)20-13-6-4-5-12(18)10-13/h4-6,10,14H,2-3,7-9,11H2,1H3,(H,19,23)(H,20,24)/t14-/m0/s1. The summed E-state index contributed by atoms with van der Waals surface area (Å²) in [7, 11) is 0.